The fraction of sp³-hybridized carbons (Fsp3) is 0. The van der Waals surface area contributed by atoms with Crippen LogP contribution in [0.3, 0.4) is 0 Å². The number of rotatable bonds is 3. The predicted octanol–water partition coefficient (Wildman–Crippen LogP) is 5.17. The molecule has 0 saturated heterocycles. The van der Waals surface area contributed by atoms with E-state index in [9.17, 15) is 4.79 Å². The van der Waals surface area contributed by atoms with Crippen LogP contribution in [0.2, 0.25) is 5.02 Å². The molecule has 0 saturated carbocycles. The van der Waals surface area contributed by atoms with Gasteiger partial charge >= 0.3 is 5.97 Å². The van der Waals surface area contributed by atoms with E-state index in [1.54, 1.807) is 42.6 Å². The Hall–Kier alpha value is -3.24. The van der Waals surface area contributed by atoms with Crippen molar-refractivity contribution in [1.82, 2.24) is 9.97 Å². The van der Waals surface area contributed by atoms with Crippen LogP contribution >= 0.6 is 11.6 Å². The summed E-state index contributed by atoms with van der Waals surface area (Å²) in [5, 5.41) is 0.486. The first kappa shape index (κ1) is 16.2. The van der Waals surface area contributed by atoms with Gasteiger partial charge in [-0.3, -0.25) is 4.98 Å². The van der Waals surface area contributed by atoms with Gasteiger partial charge in [-0.05, 0) is 42.5 Å². The Bertz CT molecular complexity index is 1110. The van der Waals surface area contributed by atoms with Gasteiger partial charge in [0.25, 0.3) is 0 Å². The van der Waals surface area contributed by atoms with Crippen LogP contribution in [-0.2, 0) is 0 Å². The minimum atomic E-state index is -0.464. The van der Waals surface area contributed by atoms with E-state index >= 15 is 0 Å². The third-order valence-corrected chi connectivity index (χ3v) is 4.08. The van der Waals surface area contributed by atoms with Crippen LogP contribution in [0.1, 0.15) is 10.4 Å². The van der Waals surface area contributed by atoms with Crippen molar-refractivity contribution in [3.63, 3.8) is 0 Å². The second-order valence-corrected chi connectivity index (χ2v) is 6.11. The summed E-state index contributed by atoms with van der Waals surface area (Å²) in [4.78, 5) is 21.3. The second kappa shape index (κ2) is 6.94. The van der Waals surface area contributed by atoms with Gasteiger partial charge < -0.3 is 4.74 Å². The maximum atomic E-state index is 12.3. The Morgan fingerprint density at radius 1 is 0.885 bits per heavy atom. The van der Waals surface area contributed by atoms with Crippen molar-refractivity contribution in [3.8, 4) is 17.0 Å². The average molecular weight is 361 g/mol. The smallest absolute Gasteiger partial charge is 0.343 e. The molecule has 1 aromatic heterocycles. The number of nitrogens with zero attached hydrogens (tertiary/aromatic N) is 2. The maximum absolute atomic E-state index is 12.3. The van der Waals surface area contributed by atoms with Crippen molar-refractivity contribution in [3.05, 3.63) is 89.6 Å². The number of carbonyl (C=O) groups excluding carboxylic acids is 1. The third-order valence-electron chi connectivity index (χ3n) is 3.85. The van der Waals surface area contributed by atoms with Gasteiger partial charge in [-0.1, -0.05) is 41.9 Å². The fourth-order valence-electron chi connectivity index (χ4n) is 2.60. The van der Waals surface area contributed by atoms with E-state index in [0.717, 1.165) is 16.6 Å². The zero-order chi connectivity index (χ0) is 17.9. The van der Waals surface area contributed by atoms with Gasteiger partial charge in [-0.2, -0.15) is 0 Å². The van der Waals surface area contributed by atoms with Crippen LogP contribution in [0.5, 0.6) is 5.75 Å². The first-order valence-electron chi connectivity index (χ1n) is 7.99. The van der Waals surface area contributed by atoms with E-state index in [1.807, 2.05) is 36.4 Å². The number of halogens is 1. The molecule has 126 valence electrons. The summed E-state index contributed by atoms with van der Waals surface area (Å²) in [6, 6.07) is 21.5. The number of aromatic nitrogens is 2. The molecular weight excluding hydrogens is 348 g/mol. The van der Waals surface area contributed by atoms with Crippen LogP contribution in [0.25, 0.3) is 22.3 Å². The summed E-state index contributed by atoms with van der Waals surface area (Å²) < 4.78 is 5.46. The van der Waals surface area contributed by atoms with E-state index in [1.165, 1.54) is 0 Å². The lowest BCUT2D eigenvalue weighted by Gasteiger charge is -2.07. The first-order valence-corrected chi connectivity index (χ1v) is 8.37. The number of ether oxygens (including phenoxy) is 1. The molecular formula is C21H13ClN2O2. The molecule has 0 fully saturated rings. The number of hydrogen-bond acceptors (Lipinski definition) is 4. The zero-order valence-corrected chi connectivity index (χ0v) is 14.4. The van der Waals surface area contributed by atoms with Crippen LogP contribution in [-0.4, -0.2) is 15.9 Å². The summed E-state index contributed by atoms with van der Waals surface area (Å²) in [5.41, 5.74) is 3.57. The maximum Gasteiger partial charge on any atom is 0.343 e. The van der Waals surface area contributed by atoms with Gasteiger partial charge in [-0.15, -0.1) is 0 Å². The van der Waals surface area contributed by atoms with Crippen LogP contribution in [0, 0.1) is 0 Å². The van der Waals surface area contributed by atoms with Crippen molar-refractivity contribution in [2.24, 2.45) is 0 Å². The van der Waals surface area contributed by atoms with Crippen molar-refractivity contribution in [1.29, 1.82) is 0 Å². The average Bonchev–Trinajstić information content (AvgIpc) is 2.68. The van der Waals surface area contributed by atoms with E-state index in [2.05, 4.69) is 9.97 Å². The summed E-state index contributed by atoms with van der Waals surface area (Å²) in [5.74, 6) is -0.0309. The third kappa shape index (κ3) is 3.41. The molecule has 1 heterocycles. The van der Waals surface area contributed by atoms with Crippen LogP contribution in [0.15, 0.2) is 79.0 Å². The Morgan fingerprint density at radius 3 is 2.54 bits per heavy atom. The van der Waals surface area contributed by atoms with E-state index < -0.39 is 5.97 Å². The first-order chi connectivity index (χ1) is 12.7. The largest absolute Gasteiger partial charge is 0.423 e. The molecule has 0 atom stereocenters. The minimum absolute atomic E-state index is 0.397. The SMILES string of the molecule is O=C(Oc1cccc(-c2cnc3ccccc3n2)c1)c1cccc(Cl)c1. The number of carbonyl (C=O) groups is 1. The van der Waals surface area contributed by atoms with Gasteiger partial charge in [0.2, 0.25) is 0 Å². The van der Waals surface area contributed by atoms with Crippen LogP contribution in [0.4, 0.5) is 0 Å². The molecule has 0 unspecified atom stereocenters. The number of hydrogen-bond donors (Lipinski definition) is 0. The van der Waals surface area contributed by atoms with Crippen molar-refractivity contribution < 1.29 is 9.53 Å². The number of benzene rings is 3. The second-order valence-electron chi connectivity index (χ2n) is 5.67. The van der Waals surface area contributed by atoms with Crippen LogP contribution < -0.4 is 4.74 Å². The van der Waals surface area contributed by atoms with Crippen molar-refractivity contribution in [2.45, 2.75) is 0 Å². The van der Waals surface area contributed by atoms with E-state index in [0.29, 0.717) is 22.0 Å². The molecule has 0 N–H and O–H groups in total. The lowest BCUT2D eigenvalue weighted by atomic mass is 10.1. The standard InChI is InChI=1S/C21H13ClN2O2/c22-16-7-3-6-15(11-16)21(25)26-17-8-4-5-14(12-17)20-13-23-18-9-1-2-10-19(18)24-20/h1-13H. The summed E-state index contributed by atoms with van der Waals surface area (Å²) in [7, 11) is 0. The molecule has 4 rings (SSSR count). The molecule has 4 nitrogen and oxygen atoms in total. The number of fused-ring (bicyclic) bond motifs is 1. The molecule has 0 spiro atoms. The molecule has 26 heavy (non-hydrogen) atoms. The highest BCUT2D eigenvalue weighted by atomic mass is 35.5. The fourth-order valence-corrected chi connectivity index (χ4v) is 2.79. The number of esters is 1. The van der Waals surface area contributed by atoms with Gasteiger partial charge in [0.1, 0.15) is 5.75 Å². The molecule has 0 amide bonds. The molecule has 0 bridgehead atoms. The Kier molecular flexibility index (Phi) is 4.33. The van der Waals surface area contributed by atoms with Crippen molar-refractivity contribution in [2.75, 3.05) is 0 Å². The molecule has 0 radical (unpaired) electrons. The Labute approximate surface area is 155 Å². The van der Waals surface area contributed by atoms with Crippen molar-refractivity contribution >= 4 is 28.6 Å². The van der Waals surface area contributed by atoms with Gasteiger partial charge in [0.05, 0.1) is 28.5 Å². The molecule has 0 aliphatic heterocycles. The highest BCUT2D eigenvalue weighted by Gasteiger charge is 2.10. The van der Waals surface area contributed by atoms with Gasteiger partial charge in [-0.25, -0.2) is 9.78 Å². The molecule has 0 aliphatic carbocycles. The normalized spacial score (nSPS) is 10.7. The zero-order valence-electron chi connectivity index (χ0n) is 13.6. The quantitative estimate of drug-likeness (QED) is 0.373. The molecule has 4 aromatic rings. The number of para-hydroxylation sites is 2. The highest BCUT2D eigenvalue weighted by molar-refractivity contribution is 6.30. The monoisotopic (exact) mass is 360 g/mol. The predicted molar refractivity (Wildman–Crippen MR) is 101 cm³/mol. The lowest BCUT2D eigenvalue weighted by molar-refractivity contribution is 0.0735. The van der Waals surface area contributed by atoms with E-state index in [4.69, 9.17) is 16.3 Å². The van der Waals surface area contributed by atoms with E-state index in [-0.39, 0.29) is 0 Å². The summed E-state index contributed by atoms with van der Waals surface area (Å²) >= 11 is 5.92. The highest BCUT2D eigenvalue weighted by Crippen LogP contribution is 2.24. The molecule has 0 aliphatic rings. The Balaban J connectivity index is 1.62. The molecule has 3 aromatic carbocycles. The Morgan fingerprint density at radius 2 is 1.69 bits per heavy atom. The lowest BCUT2D eigenvalue weighted by Crippen LogP contribution is -2.08. The minimum Gasteiger partial charge on any atom is -0.423 e. The summed E-state index contributed by atoms with van der Waals surface area (Å²) in [6.07, 6.45) is 1.71. The topological polar surface area (TPSA) is 52.1 Å². The summed E-state index contributed by atoms with van der Waals surface area (Å²) in [6.45, 7) is 0. The van der Waals surface area contributed by atoms with Gasteiger partial charge in [0, 0.05) is 10.6 Å². The molecule has 5 heteroatoms. The van der Waals surface area contributed by atoms with Gasteiger partial charge in [0.15, 0.2) is 0 Å².